The molecule has 2 N–H and O–H groups in total. The number of hydrogen-bond donors (Lipinski definition) is 2. The second-order valence-electron chi connectivity index (χ2n) is 9.32. The maximum Gasteiger partial charge on any atom is 0.305 e. The quantitative estimate of drug-likeness (QED) is 0.172. The Balaban J connectivity index is 2.52. The summed E-state index contributed by atoms with van der Waals surface area (Å²) < 4.78 is 4.97. The largest absolute Gasteiger partial charge is 0.466 e. The predicted molar refractivity (Wildman–Crippen MR) is 124 cm³/mol. The third-order valence-corrected chi connectivity index (χ3v) is 7.08. The molecule has 0 bridgehead atoms. The number of carbonyl (C=O) groups is 1. The fraction of sp³-hybridized carbons (Fsp3) is 0.885. The van der Waals surface area contributed by atoms with Gasteiger partial charge in [-0.3, -0.25) is 4.79 Å². The van der Waals surface area contributed by atoms with Crippen LogP contribution in [0.2, 0.25) is 0 Å². The van der Waals surface area contributed by atoms with Gasteiger partial charge in [-0.05, 0) is 51.4 Å². The standard InChI is InChI=1S/C26H48O4/c1-5-8-13-19-26(29,21(4)6-2)20-18-22-16-17-24(27)23(22)14-11-9-10-12-15-25(28)30-7-3/h18,21,23-24,27,29H,5-17,19-20H2,1-4H3/t21?,23-,24+,26?/m1/s1. The van der Waals surface area contributed by atoms with E-state index in [2.05, 4.69) is 26.8 Å². The zero-order valence-electron chi connectivity index (χ0n) is 20.1. The van der Waals surface area contributed by atoms with Gasteiger partial charge in [-0.15, -0.1) is 0 Å². The van der Waals surface area contributed by atoms with Gasteiger partial charge in [0.1, 0.15) is 0 Å². The minimum Gasteiger partial charge on any atom is -0.466 e. The lowest BCUT2D eigenvalue weighted by molar-refractivity contribution is -0.143. The number of aliphatic hydroxyl groups excluding tert-OH is 1. The molecular formula is C26H48O4. The molecule has 1 aliphatic carbocycles. The van der Waals surface area contributed by atoms with Gasteiger partial charge in [-0.2, -0.15) is 0 Å². The van der Waals surface area contributed by atoms with Gasteiger partial charge in [0.25, 0.3) is 0 Å². The van der Waals surface area contributed by atoms with E-state index >= 15 is 0 Å². The third kappa shape index (κ3) is 9.51. The van der Waals surface area contributed by atoms with Crippen LogP contribution in [0.3, 0.4) is 0 Å². The van der Waals surface area contributed by atoms with Gasteiger partial charge in [0.15, 0.2) is 0 Å². The Morgan fingerprint density at radius 1 is 1.17 bits per heavy atom. The molecule has 0 aromatic carbocycles. The lowest BCUT2D eigenvalue weighted by Crippen LogP contribution is -2.35. The van der Waals surface area contributed by atoms with E-state index in [1.807, 2.05) is 6.92 Å². The van der Waals surface area contributed by atoms with E-state index in [1.165, 1.54) is 18.4 Å². The van der Waals surface area contributed by atoms with Crippen molar-refractivity contribution in [3.8, 4) is 0 Å². The van der Waals surface area contributed by atoms with E-state index in [1.54, 1.807) is 0 Å². The fourth-order valence-corrected chi connectivity index (χ4v) is 4.72. The van der Waals surface area contributed by atoms with Crippen molar-refractivity contribution in [2.45, 2.75) is 129 Å². The Bertz CT molecular complexity index is 501. The molecule has 0 heterocycles. The third-order valence-electron chi connectivity index (χ3n) is 7.08. The number of unbranched alkanes of at least 4 members (excludes halogenated alkanes) is 5. The van der Waals surface area contributed by atoms with E-state index in [0.29, 0.717) is 19.4 Å². The van der Waals surface area contributed by atoms with Gasteiger partial charge < -0.3 is 14.9 Å². The number of hydrogen-bond acceptors (Lipinski definition) is 4. The molecule has 0 aromatic rings. The SMILES string of the molecule is CCCCCC(O)(CC=C1CC[C@H](O)[C@@H]1CCCCCCC(=O)OCC)C(C)CC. The smallest absolute Gasteiger partial charge is 0.305 e. The summed E-state index contributed by atoms with van der Waals surface area (Å²) in [4.78, 5) is 11.4. The van der Waals surface area contributed by atoms with E-state index in [9.17, 15) is 15.0 Å². The molecule has 0 saturated heterocycles. The van der Waals surface area contributed by atoms with Crippen LogP contribution in [0.4, 0.5) is 0 Å². The topological polar surface area (TPSA) is 66.8 Å². The van der Waals surface area contributed by atoms with Gasteiger partial charge in [0.2, 0.25) is 0 Å². The maximum atomic E-state index is 11.4. The van der Waals surface area contributed by atoms with Gasteiger partial charge in [0, 0.05) is 12.3 Å². The molecule has 30 heavy (non-hydrogen) atoms. The van der Waals surface area contributed by atoms with E-state index in [4.69, 9.17) is 4.74 Å². The number of esters is 1. The highest BCUT2D eigenvalue weighted by Crippen LogP contribution is 2.38. The summed E-state index contributed by atoms with van der Waals surface area (Å²) in [5, 5.41) is 21.8. The molecule has 4 nitrogen and oxygen atoms in total. The lowest BCUT2D eigenvalue weighted by Gasteiger charge is -2.33. The Kier molecular flexibility index (Phi) is 13.6. The molecule has 0 amide bonds. The van der Waals surface area contributed by atoms with Crippen molar-refractivity contribution in [1.29, 1.82) is 0 Å². The number of carbonyl (C=O) groups excluding carboxylic acids is 1. The van der Waals surface area contributed by atoms with Crippen LogP contribution in [0.1, 0.15) is 118 Å². The highest BCUT2D eigenvalue weighted by molar-refractivity contribution is 5.69. The summed E-state index contributed by atoms with van der Waals surface area (Å²) in [6.07, 6.45) is 15.4. The summed E-state index contributed by atoms with van der Waals surface area (Å²) in [5.41, 5.74) is 0.730. The van der Waals surface area contributed by atoms with E-state index in [-0.39, 0.29) is 23.9 Å². The van der Waals surface area contributed by atoms with Crippen LogP contribution in [0.25, 0.3) is 0 Å². The van der Waals surface area contributed by atoms with E-state index < -0.39 is 5.60 Å². The summed E-state index contributed by atoms with van der Waals surface area (Å²) in [6, 6.07) is 0. The summed E-state index contributed by atoms with van der Waals surface area (Å²) in [6.45, 7) is 8.82. The zero-order valence-corrected chi connectivity index (χ0v) is 20.1. The molecule has 1 fully saturated rings. The van der Waals surface area contributed by atoms with Crippen molar-refractivity contribution in [3.05, 3.63) is 11.6 Å². The molecule has 0 aliphatic heterocycles. The maximum absolute atomic E-state index is 11.4. The fourth-order valence-electron chi connectivity index (χ4n) is 4.72. The Morgan fingerprint density at radius 2 is 1.90 bits per heavy atom. The average Bonchev–Trinajstić information content (AvgIpc) is 3.08. The van der Waals surface area contributed by atoms with Crippen LogP contribution < -0.4 is 0 Å². The Hall–Kier alpha value is -0.870. The van der Waals surface area contributed by atoms with Crippen molar-refractivity contribution in [2.75, 3.05) is 6.61 Å². The van der Waals surface area contributed by atoms with Gasteiger partial charge >= 0.3 is 5.97 Å². The summed E-state index contributed by atoms with van der Waals surface area (Å²) in [5.74, 6) is 0.434. The minimum absolute atomic E-state index is 0.0957. The van der Waals surface area contributed by atoms with E-state index in [0.717, 1.165) is 64.2 Å². The minimum atomic E-state index is -0.623. The molecule has 1 saturated carbocycles. The van der Waals surface area contributed by atoms with Crippen molar-refractivity contribution in [1.82, 2.24) is 0 Å². The lowest BCUT2D eigenvalue weighted by atomic mass is 9.79. The molecule has 176 valence electrons. The molecule has 4 atom stereocenters. The molecule has 0 spiro atoms. The molecule has 1 rings (SSSR count). The van der Waals surface area contributed by atoms with Crippen molar-refractivity contribution in [2.24, 2.45) is 11.8 Å². The van der Waals surface area contributed by atoms with Crippen molar-refractivity contribution < 1.29 is 19.7 Å². The first-order valence-corrected chi connectivity index (χ1v) is 12.6. The molecule has 0 radical (unpaired) electrons. The van der Waals surface area contributed by atoms with Crippen LogP contribution >= 0.6 is 0 Å². The number of aliphatic hydroxyl groups is 2. The van der Waals surface area contributed by atoms with Crippen LogP contribution in [-0.4, -0.2) is 34.5 Å². The summed E-state index contributed by atoms with van der Waals surface area (Å²) in [7, 11) is 0. The Labute approximate surface area is 185 Å². The van der Waals surface area contributed by atoms with Gasteiger partial charge in [0.05, 0.1) is 18.3 Å². The van der Waals surface area contributed by atoms with Crippen LogP contribution in [0.15, 0.2) is 11.6 Å². The average molecular weight is 425 g/mol. The molecule has 0 aromatic heterocycles. The van der Waals surface area contributed by atoms with Crippen molar-refractivity contribution in [3.63, 3.8) is 0 Å². The zero-order chi connectivity index (χ0) is 22.4. The second-order valence-corrected chi connectivity index (χ2v) is 9.32. The van der Waals surface area contributed by atoms with Crippen molar-refractivity contribution >= 4 is 5.97 Å². The van der Waals surface area contributed by atoms with Gasteiger partial charge in [-0.25, -0.2) is 0 Å². The molecule has 1 aliphatic rings. The molecular weight excluding hydrogens is 376 g/mol. The summed E-state index contributed by atoms with van der Waals surface area (Å²) >= 11 is 0. The predicted octanol–water partition coefficient (Wildman–Crippen LogP) is 6.34. The first kappa shape index (κ1) is 27.2. The molecule has 4 heteroatoms. The van der Waals surface area contributed by atoms with Crippen LogP contribution in [0.5, 0.6) is 0 Å². The van der Waals surface area contributed by atoms with Crippen LogP contribution in [-0.2, 0) is 9.53 Å². The highest BCUT2D eigenvalue weighted by Gasteiger charge is 2.33. The monoisotopic (exact) mass is 424 g/mol. The van der Waals surface area contributed by atoms with Gasteiger partial charge in [-0.1, -0.05) is 77.4 Å². The van der Waals surface area contributed by atoms with Crippen LogP contribution in [0, 0.1) is 11.8 Å². The number of rotatable bonds is 16. The normalized spacial score (nSPS) is 23.5. The first-order chi connectivity index (χ1) is 14.4. The first-order valence-electron chi connectivity index (χ1n) is 12.6. The second kappa shape index (κ2) is 15.0. The number of ether oxygens (including phenoxy) is 1. The highest BCUT2D eigenvalue weighted by atomic mass is 16.5. The molecule has 2 unspecified atom stereocenters. The Morgan fingerprint density at radius 3 is 2.57 bits per heavy atom.